The second kappa shape index (κ2) is 28.2. The van der Waals surface area contributed by atoms with Crippen molar-refractivity contribution in [1.29, 1.82) is 0 Å². The fraction of sp³-hybridized carbons (Fsp3) is 0.882. The Kier molecular flexibility index (Phi) is 34.3. The van der Waals surface area contributed by atoms with E-state index in [1.165, 1.54) is 12.8 Å². The molecule has 0 aromatic rings. The predicted molar refractivity (Wildman–Crippen MR) is 116 cm³/mol. The van der Waals surface area contributed by atoms with Gasteiger partial charge in [0.05, 0.1) is 0 Å². The van der Waals surface area contributed by atoms with E-state index in [-0.39, 0.29) is 26.5 Å². The molecule has 1 radical (unpaired) electrons. The van der Waals surface area contributed by atoms with E-state index in [0.29, 0.717) is 0 Å². The number of carbonyl (C=O) groups is 1. The van der Waals surface area contributed by atoms with Crippen molar-refractivity contribution >= 4 is 55.6 Å². The van der Waals surface area contributed by atoms with Crippen LogP contribution in [0.1, 0.15) is 38.5 Å². The number of carbonyl (C=O) groups excluding carboxylic acids is 1. The molecule has 0 heterocycles. The first-order valence-corrected chi connectivity index (χ1v) is 11.6. The number of rotatable bonds is 16. The zero-order valence-corrected chi connectivity index (χ0v) is 20.5. The molecule has 0 atom stereocenters. The summed E-state index contributed by atoms with van der Waals surface area (Å²) in [6.07, 6.45) is 5.34. The third-order valence-electron chi connectivity index (χ3n) is 3.22. The van der Waals surface area contributed by atoms with E-state index >= 15 is 0 Å². The second-order valence-electron chi connectivity index (χ2n) is 5.36. The van der Waals surface area contributed by atoms with Gasteiger partial charge in [-0.1, -0.05) is 4.85 Å². The molecule has 4 nitrogen and oxygen atoms in total. The first-order valence-electron chi connectivity index (χ1n) is 8.73. The van der Waals surface area contributed by atoms with Gasteiger partial charge >= 0.3 is 0 Å². The summed E-state index contributed by atoms with van der Waals surface area (Å²) < 4.78 is 0. The summed E-state index contributed by atoms with van der Waals surface area (Å²) in [5.41, 5.74) is 0. The van der Waals surface area contributed by atoms with E-state index in [1.54, 1.807) is 0 Å². The van der Waals surface area contributed by atoms with Crippen LogP contribution in [-0.2, 0) is 62.8 Å². The molecular weight excluding hydrogens is 491 g/mol. The molecule has 9 heteroatoms. The van der Waals surface area contributed by atoms with Crippen LogP contribution in [0.15, 0.2) is 0 Å². The van der Waals surface area contributed by atoms with Gasteiger partial charge in [-0.3, -0.25) is 0 Å². The van der Waals surface area contributed by atoms with Crippen LogP contribution in [-0.4, -0.2) is 65.8 Å². The molecule has 0 bridgehead atoms. The molecule has 155 valence electrons. The van der Waals surface area contributed by atoms with Gasteiger partial charge in [-0.05, 0) is 63.2 Å². The Labute approximate surface area is 194 Å². The summed E-state index contributed by atoms with van der Waals surface area (Å²) in [7, 11) is 0. The zero-order chi connectivity index (χ0) is 19.2. The molecule has 0 saturated heterocycles. The molecule has 0 saturated carbocycles. The van der Waals surface area contributed by atoms with E-state index in [1.807, 2.05) is 11.8 Å². The third-order valence-corrected chi connectivity index (χ3v) is 4.92. The Bertz CT molecular complexity index is 320. The number of nitrogens with zero attached hydrogens (tertiary/aromatic N) is 2. The number of unbranched alkanes of at least 4 members (excludes halogenated alkanes) is 3. The van der Waals surface area contributed by atoms with Crippen LogP contribution in [0.25, 0.3) is 4.85 Å². The summed E-state index contributed by atoms with van der Waals surface area (Å²) >= 11 is 16.4. The largest absolute Gasteiger partial charge is 0.791 e. The Morgan fingerprint density at radius 3 is 1.85 bits per heavy atom. The van der Waals surface area contributed by atoms with Crippen molar-refractivity contribution < 1.29 is 30.0 Å². The Morgan fingerprint density at radius 1 is 0.923 bits per heavy atom. The molecule has 0 aromatic heterocycles. The van der Waals surface area contributed by atoms with Gasteiger partial charge in [0.25, 0.3) is 13.1 Å². The van der Waals surface area contributed by atoms with Gasteiger partial charge in [-0.25, -0.2) is 0 Å². The summed E-state index contributed by atoms with van der Waals surface area (Å²) in [4.78, 5) is 15.9. The first-order chi connectivity index (χ1) is 12.1. The average Bonchev–Trinajstić information content (AvgIpc) is 2.58. The molecular formula is C17H31N2O2S4Tc-3. The van der Waals surface area contributed by atoms with Crippen LogP contribution in [0.5, 0.6) is 0 Å². The maximum Gasteiger partial charge on any atom is 0.263 e. The topological polar surface area (TPSA) is 47.7 Å². The second-order valence-corrected chi connectivity index (χ2v) is 7.81. The number of aliphatic carboxylic acids is 1. The Morgan fingerprint density at radius 2 is 1.42 bits per heavy atom. The number of carboxylic acid groups (broad SMARTS) is 1. The Balaban J connectivity index is -0.000000422. The van der Waals surface area contributed by atoms with Crippen molar-refractivity contribution in [1.82, 2.24) is 4.90 Å². The SMILES string of the molecule is C#[N+]CCCCCSCCCCC(=O)[O-].[99Tc].[S-]CCN(CC[S-])CC[S-]. The van der Waals surface area contributed by atoms with Gasteiger partial charge in [0.15, 0.2) is 0 Å². The molecule has 0 amide bonds. The molecule has 0 aromatic carbocycles. The number of hydrogen-bond donors (Lipinski definition) is 0. The van der Waals surface area contributed by atoms with Crippen LogP contribution in [0.3, 0.4) is 0 Å². The van der Waals surface area contributed by atoms with Gasteiger partial charge in [0.1, 0.15) is 0 Å². The fourth-order valence-electron chi connectivity index (χ4n) is 1.88. The van der Waals surface area contributed by atoms with Crippen molar-refractivity contribution in [2.45, 2.75) is 38.5 Å². The normalized spacial score (nSPS) is 9.81. The molecule has 0 unspecified atom stereocenters. The minimum absolute atomic E-state index is 0. The predicted octanol–water partition coefficient (Wildman–Crippen LogP) is 1.70. The van der Waals surface area contributed by atoms with Crippen molar-refractivity contribution in [2.75, 3.05) is 54.9 Å². The van der Waals surface area contributed by atoms with Gasteiger partial charge in [-0.2, -0.15) is 29.0 Å². The van der Waals surface area contributed by atoms with E-state index < -0.39 is 5.97 Å². The van der Waals surface area contributed by atoms with Gasteiger partial charge < -0.3 is 52.7 Å². The summed E-state index contributed by atoms with van der Waals surface area (Å²) in [5.74, 6) is 3.61. The van der Waals surface area contributed by atoms with Crippen LogP contribution < -0.4 is 5.11 Å². The van der Waals surface area contributed by atoms with E-state index in [4.69, 9.17) is 44.5 Å². The van der Waals surface area contributed by atoms with Crippen LogP contribution in [0.2, 0.25) is 0 Å². The van der Waals surface area contributed by atoms with Crippen molar-refractivity contribution in [3.05, 3.63) is 4.85 Å². The minimum Gasteiger partial charge on any atom is -0.791 e. The van der Waals surface area contributed by atoms with Crippen molar-refractivity contribution in [3.63, 3.8) is 0 Å². The molecule has 0 aliphatic carbocycles. The molecule has 0 aliphatic rings. The quantitative estimate of drug-likeness (QED) is 0.226. The molecule has 0 rings (SSSR count). The molecule has 0 fully saturated rings. The van der Waals surface area contributed by atoms with Crippen molar-refractivity contribution in [2.24, 2.45) is 0 Å². The van der Waals surface area contributed by atoms with Crippen LogP contribution in [0.4, 0.5) is 0 Å². The number of hydrogen-bond acceptors (Lipinski definition) is 7. The smallest absolute Gasteiger partial charge is 0.263 e. The zero-order valence-electron chi connectivity index (χ0n) is 15.4. The summed E-state index contributed by atoms with van der Waals surface area (Å²) in [6.45, 7) is 8.66. The van der Waals surface area contributed by atoms with E-state index in [9.17, 15) is 9.90 Å². The molecule has 26 heavy (non-hydrogen) atoms. The first kappa shape index (κ1) is 31.7. The van der Waals surface area contributed by atoms with Gasteiger partial charge in [-0.15, -0.1) is 0 Å². The van der Waals surface area contributed by atoms with Gasteiger partial charge in [0.2, 0.25) is 0 Å². The maximum atomic E-state index is 10.1. The van der Waals surface area contributed by atoms with E-state index in [2.05, 4.69) is 9.74 Å². The van der Waals surface area contributed by atoms with Gasteiger partial charge in [0, 0.05) is 32.5 Å². The number of thioether (sulfide) groups is 1. The number of carboxylic acids is 1. The molecule has 0 aliphatic heterocycles. The summed E-state index contributed by atoms with van der Waals surface area (Å²) in [6, 6.07) is 0. The van der Waals surface area contributed by atoms with Crippen LogP contribution in [0, 0.1) is 6.57 Å². The third kappa shape index (κ3) is 29.7. The summed E-state index contributed by atoms with van der Waals surface area (Å²) in [5, 5.41) is 10.1. The monoisotopic (exact) mass is 522 g/mol. The average molecular weight is 523 g/mol. The standard InChI is InChI=1S/C11H19NO2S.C6H15NS3.Tc/c1-12-8-4-2-5-9-15-10-6-3-7-11(13)14;8-4-1-7(2-5-9)3-6-10;/h1H,2-10H2;8-10H,1-6H2;/p-3/i;;1+1. The van der Waals surface area contributed by atoms with E-state index in [0.717, 1.165) is 74.2 Å². The molecule has 0 spiro atoms. The molecule has 0 N–H and O–H groups in total. The Hall–Kier alpha value is 0.969. The maximum absolute atomic E-state index is 10.1. The fourth-order valence-corrected chi connectivity index (χ4v) is 3.68. The minimum atomic E-state index is -0.939. The van der Waals surface area contributed by atoms with Crippen LogP contribution >= 0.6 is 11.8 Å². The van der Waals surface area contributed by atoms with Crippen molar-refractivity contribution in [3.8, 4) is 6.57 Å².